The average molecular weight is 168 g/mol. The normalized spacial score (nSPS) is 12.8. The summed E-state index contributed by atoms with van der Waals surface area (Å²) in [6.45, 7) is 2.25. The van der Waals surface area contributed by atoms with Gasteiger partial charge in [-0.15, -0.1) is 0 Å². The zero-order valence-corrected chi connectivity index (χ0v) is 7.23. The van der Waals surface area contributed by atoms with Gasteiger partial charge in [-0.1, -0.05) is 6.92 Å². The van der Waals surface area contributed by atoms with E-state index in [9.17, 15) is 9.59 Å². The Morgan fingerprint density at radius 3 is 2.67 bits per heavy atom. The quantitative estimate of drug-likeness (QED) is 0.597. The lowest BCUT2D eigenvalue weighted by Crippen LogP contribution is -2.24. The molecule has 0 aromatic carbocycles. The van der Waals surface area contributed by atoms with Gasteiger partial charge in [0.25, 0.3) is 0 Å². The van der Waals surface area contributed by atoms with Crippen LogP contribution in [0.4, 0.5) is 0 Å². The molecule has 4 nitrogen and oxygen atoms in total. The molecule has 0 aliphatic carbocycles. The van der Waals surface area contributed by atoms with Crippen molar-refractivity contribution in [3.8, 4) is 0 Å². The molecule has 0 saturated carbocycles. The van der Waals surface area contributed by atoms with E-state index in [-0.39, 0.29) is 11.6 Å². The van der Waals surface area contributed by atoms with Gasteiger partial charge in [0.1, 0.15) is 6.29 Å². The van der Waals surface area contributed by atoms with Crippen LogP contribution in [0.15, 0.2) is 17.2 Å². The van der Waals surface area contributed by atoms with Crippen LogP contribution in [0, 0.1) is 5.92 Å². The van der Waals surface area contributed by atoms with E-state index >= 15 is 0 Å². The minimum absolute atomic E-state index is 0.0799. The molecule has 1 heterocycles. The second-order valence-electron chi connectivity index (χ2n) is 2.96. The zero-order valence-electron chi connectivity index (χ0n) is 7.23. The second-order valence-corrected chi connectivity index (χ2v) is 2.96. The van der Waals surface area contributed by atoms with Crippen LogP contribution in [0.5, 0.6) is 0 Å². The molecule has 1 aromatic heterocycles. The van der Waals surface area contributed by atoms with Crippen molar-refractivity contribution in [1.82, 2.24) is 9.13 Å². The van der Waals surface area contributed by atoms with E-state index in [2.05, 4.69) is 0 Å². The predicted octanol–water partition coefficient (Wildman–Crippen LogP) is 0.0218. The Morgan fingerprint density at radius 2 is 2.25 bits per heavy atom. The Morgan fingerprint density at radius 1 is 1.58 bits per heavy atom. The fourth-order valence-corrected chi connectivity index (χ4v) is 1.00. The largest absolute Gasteiger partial charge is 0.327 e. The van der Waals surface area contributed by atoms with Crippen LogP contribution < -0.4 is 5.69 Å². The lowest BCUT2D eigenvalue weighted by atomic mass is 10.2. The maximum atomic E-state index is 11.2. The SMILES string of the molecule is CC(C=O)Cn1ccn(C)c1=O. The number of carbonyl (C=O) groups excluding carboxylic acids is 1. The van der Waals surface area contributed by atoms with Crippen molar-refractivity contribution in [2.45, 2.75) is 13.5 Å². The van der Waals surface area contributed by atoms with Crippen LogP contribution in [0.1, 0.15) is 6.92 Å². The van der Waals surface area contributed by atoms with Crippen molar-refractivity contribution in [3.63, 3.8) is 0 Å². The first-order chi connectivity index (χ1) is 5.65. The number of imidazole rings is 1. The third kappa shape index (κ3) is 1.64. The molecule has 0 saturated heterocycles. The van der Waals surface area contributed by atoms with Crippen LogP contribution in [-0.4, -0.2) is 15.4 Å². The smallest absolute Gasteiger partial charge is 0.303 e. The number of nitrogens with zero attached hydrogens (tertiary/aromatic N) is 2. The number of aryl methyl sites for hydroxylation is 1. The summed E-state index contributed by atoms with van der Waals surface area (Å²) < 4.78 is 3.01. The van der Waals surface area contributed by atoms with Crippen molar-refractivity contribution >= 4 is 6.29 Å². The molecular formula is C8H12N2O2. The Hall–Kier alpha value is -1.32. The predicted molar refractivity (Wildman–Crippen MR) is 44.9 cm³/mol. The Labute approximate surface area is 70.4 Å². The van der Waals surface area contributed by atoms with E-state index in [4.69, 9.17) is 0 Å². The highest BCUT2D eigenvalue weighted by molar-refractivity contribution is 5.52. The molecule has 0 fully saturated rings. The molecule has 66 valence electrons. The summed E-state index contributed by atoms with van der Waals surface area (Å²) in [6, 6.07) is 0. The fraction of sp³-hybridized carbons (Fsp3) is 0.500. The first-order valence-electron chi connectivity index (χ1n) is 3.82. The van der Waals surface area contributed by atoms with Gasteiger partial charge in [-0.25, -0.2) is 4.79 Å². The van der Waals surface area contributed by atoms with Gasteiger partial charge in [0.05, 0.1) is 0 Å². The molecule has 1 unspecified atom stereocenters. The van der Waals surface area contributed by atoms with Gasteiger partial charge < -0.3 is 9.36 Å². The monoisotopic (exact) mass is 168 g/mol. The molecule has 0 bridgehead atoms. The fourth-order valence-electron chi connectivity index (χ4n) is 1.00. The van der Waals surface area contributed by atoms with Gasteiger partial charge in [0.2, 0.25) is 0 Å². The van der Waals surface area contributed by atoms with Gasteiger partial charge in [0, 0.05) is 31.9 Å². The topological polar surface area (TPSA) is 44.0 Å². The third-order valence-electron chi connectivity index (χ3n) is 1.73. The van der Waals surface area contributed by atoms with E-state index in [1.165, 1.54) is 9.13 Å². The summed E-state index contributed by atoms with van der Waals surface area (Å²) in [6.07, 6.45) is 4.21. The minimum Gasteiger partial charge on any atom is -0.303 e. The standard InChI is InChI=1S/C8H12N2O2/c1-7(6-11)5-10-4-3-9(2)8(10)12/h3-4,6-7H,5H2,1-2H3. The molecule has 0 aliphatic rings. The van der Waals surface area contributed by atoms with Crippen LogP contribution in [0.2, 0.25) is 0 Å². The maximum Gasteiger partial charge on any atom is 0.327 e. The van der Waals surface area contributed by atoms with E-state index < -0.39 is 0 Å². The third-order valence-corrected chi connectivity index (χ3v) is 1.73. The Kier molecular flexibility index (Phi) is 2.47. The molecule has 0 radical (unpaired) electrons. The molecule has 12 heavy (non-hydrogen) atoms. The van der Waals surface area contributed by atoms with Gasteiger partial charge in [-0.3, -0.25) is 4.57 Å². The van der Waals surface area contributed by atoms with Crippen molar-refractivity contribution in [2.24, 2.45) is 13.0 Å². The first-order valence-corrected chi connectivity index (χ1v) is 3.82. The van der Waals surface area contributed by atoms with Gasteiger partial charge >= 0.3 is 5.69 Å². The molecular weight excluding hydrogens is 156 g/mol. The Bertz CT molecular complexity index is 324. The van der Waals surface area contributed by atoms with Crippen molar-refractivity contribution in [2.75, 3.05) is 0 Å². The van der Waals surface area contributed by atoms with E-state index in [0.717, 1.165) is 6.29 Å². The highest BCUT2D eigenvalue weighted by atomic mass is 16.1. The Balaban J connectivity index is 2.83. The summed E-state index contributed by atoms with van der Waals surface area (Å²) in [4.78, 5) is 21.5. The van der Waals surface area contributed by atoms with Crippen molar-refractivity contribution < 1.29 is 4.79 Å². The molecule has 0 N–H and O–H groups in total. The minimum atomic E-state index is -0.106. The summed E-state index contributed by atoms with van der Waals surface area (Å²) in [5.74, 6) is -0.106. The van der Waals surface area contributed by atoms with Gasteiger partial charge in [0.15, 0.2) is 0 Å². The lowest BCUT2D eigenvalue weighted by Gasteiger charge is -2.02. The number of carbonyl (C=O) groups is 1. The molecule has 1 rings (SSSR count). The van der Waals surface area contributed by atoms with E-state index in [1.54, 1.807) is 26.4 Å². The van der Waals surface area contributed by atoms with Gasteiger partial charge in [-0.2, -0.15) is 0 Å². The lowest BCUT2D eigenvalue weighted by molar-refractivity contribution is -0.111. The maximum absolute atomic E-state index is 11.2. The second kappa shape index (κ2) is 3.38. The van der Waals surface area contributed by atoms with E-state index in [1.807, 2.05) is 0 Å². The first kappa shape index (κ1) is 8.77. The summed E-state index contributed by atoms with van der Waals surface area (Å²) in [5.41, 5.74) is -0.0799. The molecule has 0 amide bonds. The summed E-state index contributed by atoms with van der Waals surface area (Å²) in [7, 11) is 1.68. The molecule has 4 heteroatoms. The zero-order chi connectivity index (χ0) is 9.14. The number of aldehydes is 1. The van der Waals surface area contributed by atoms with E-state index in [0.29, 0.717) is 6.54 Å². The molecule has 1 atom stereocenters. The van der Waals surface area contributed by atoms with Crippen LogP contribution >= 0.6 is 0 Å². The summed E-state index contributed by atoms with van der Waals surface area (Å²) in [5, 5.41) is 0. The molecule has 1 aromatic rings. The van der Waals surface area contributed by atoms with Gasteiger partial charge in [-0.05, 0) is 0 Å². The van der Waals surface area contributed by atoms with Crippen LogP contribution in [0.3, 0.4) is 0 Å². The number of aromatic nitrogens is 2. The molecule has 0 spiro atoms. The summed E-state index contributed by atoms with van der Waals surface area (Å²) >= 11 is 0. The number of hydrogen-bond acceptors (Lipinski definition) is 2. The molecule has 0 aliphatic heterocycles. The van der Waals surface area contributed by atoms with Crippen molar-refractivity contribution in [3.05, 3.63) is 22.9 Å². The van der Waals surface area contributed by atoms with Crippen LogP contribution in [-0.2, 0) is 18.4 Å². The highest BCUT2D eigenvalue weighted by Gasteiger charge is 2.03. The number of rotatable bonds is 3. The highest BCUT2D eigenvalue weighted by Crippen LogP contribution is 1.93. The average Bonchev–Trinajstić information content (AvgIpc) is 2.36. The van der Waals surface area contributed by atoms with Crippen LogP contribution in [0.25, 0.3) is 0 Å². The number of hydrogen-bond donors (Lipinski definition) is 0. The van der Waals surface area contributed by atoms with Crippen molar-refractivity contribution in [1.29, 1.82) is 0 Å².